The summed E-state index contributed by atoms with van der Waals surface area (Å²) in [6.45, 7) is 12.5. The molecule has 3 heterocycles. The van der Waals surface area contributed by atoms with Gasteiger partial charge in [0.15, 0.2) is 0 Å². The molecule has 2 saturated heterocycles. The summed E-state index contributed by atoms with van der Waals surface area (Å²) in [5, 5.41) is 4.01. The second kappa shape index (κ2) is 11.8. The van der Waals surface area contributed by atoms with Gasteiger partial charge in [0.1, 0.15) is 5.82 Å². The number of hydrogen-bond acceptors (Lipinski definition) is 6. The van der Waals surface area contributed by atoms with E-state index in [9.17, 15) is 9.59 Å². The lowest BCUT2D eigenvalue weighted by molar-refractivity contribution is -0.133. The van der Waals surface area contributed by atoms with Gasteiger partial charge in [-0.1, -0.05) is 25.1 Å². The highest BCUT2D eigenvalue weighted by molar-refractivity contribution is 5.96. The van der Waals surface area contributed by atoms with Crippen LogP contribution in [0, 0.1) is 6.92 Å². The highest BCUT2D eigenvalue weighted by Crippen LogP contribution is 2.26. The molecule has 5 rings (SSSR count). The molecule has 2 aliphatic rings. The molecule has 8 nitrogen and oxygen atoms in total. The predicted molar refractivity (Wildman–Crippen MR) is 154 cm³/mol. The minimum atomic E-state index is -0.142. The van der Waals surface area contributed by atoms with Gasteiger partial charge in [-0.3, -0.25) is 9.59 Å². The van der Waals surface area contributed by atoms with Crippen LogP contribution in [0.3, 0.4) is 0 Å². The number of carbonyl (C=O) groups excluding carboxylic acids is 2. The first-order valence-corrected chi connectivity index (χ1v) is 13.8. The van der Waals surface area contributed by atoms with Crippen LogP contribution in [0.15, 0.2) is 54.6 Å². The number of nitrogens with one attached hydrogen (secondary N) is 1. The molecule has 2 fully saturated rings. The molecule has 8 heteroatoms. The molecule has 0 spiro atoms. The lowest BCUT2D eigenvalue weighted by atomic mass is 10.1. The summed E-state index contributed by atoms with van der Waals surface area (Å²) in [6.07, 6.45) is 0.398. The molecule has 2 aliphatic heterocycles. The number of fused-ring (bicyclic) bond motifs is 1. The van der Waals surface area contributed by atoms with Gasteiger partial charge in [0, 0.05) is 82.0 Å². The Morgan fingerprint density at radius 3 is 2.26 bits per heavy atom. The molecule has 0 bridgehead atoms. The van der Waals surface area contributed by atoms with Crippen LogP contribution in [0.25, 0.3) is 10.9 Å². The van der Waals surface area contributed by atoms with E-state index in [1.807, 2.05) is 41.3 Å². The third-order valence-electron chi connectivity index (χ3n) is 7.75. The molecule has 0 aliphatic carbocycles. The summed E-state index contributed by atoms with van der Waals surface area (Å²) in [6, 6.07) is 18.3. The van der Waals surface area contributed by atoms with Gasteiger partial charge >= 0.3 is 0 Å². The van der Waals surface area contributed by atoms with E-state index in [1.54, 1.807) is 0 Å². The van der Waals surface area contributed by atoms with E-state index in [2.05, 4.69) is 52.1 Å². The highest BCUT2D eigenvalue weighted by atomic mass is 16.2. The molecule has 2 amide bonds. The van der Waals surface area contributed by atoms with Crippen molar-refractivity contribution in [2.45, 2.75) is 26.7 Å². The monoisotopic (exact) mass is 514 g/mol. The lowest BCUT2D eigenvalue weighted by Gasteiger charge is -2.36. The average molecular weight is 515 g/mol. The van der Waals surface area contributed by atoms with E-state index < -0.39 is 0 Å². The van der Waals surface area contributed by atoms with Crippen LogP contribution in [0.1, 0.15) is 25.3 Å². The molecule has 200 valence electrons. The first kappa shape index (κ1) is 26.0. The second-order valence-corrected chi connectivity index (χ2v) is 10.2. The van der Waals surface area contributed by atoms with Crippen molar-refractivity contribution >= 4 is 39.9 Å². The van der Waals surface area contributed by atoms with E-state index in [4.69, 9.17) is 4.98 Å². The Morgan fingerprint density at radius 2 is 1.55 bits per heavy atom. The zero-order valence-electron chi connectivity index (χ0n) is 22.5. The SMILES string of the molecule is CCN1CCN(c2cc(C)c3cc(NC(=O)CCC(=O)N4CCN(c5ccccc5)CC4)ccc3n2)CC1. The Kier molecular flexibility index (Phi) is 8.08. The maximum atomic E-state index is 12.7. The van der Waals surface area contributed by atoms with E-state index in [0.29, 0.717) is 13.1 Å². The van der Waals surface area contributed by atoms with Crippen molar-refractivity contribution in [3.8, 4) is 0 Å². The number of benzene rings is 2. The number of amides is 2. The van der Waals surface area contributed by atoms with Gasteiger partial charge in [-0.05, 0) is 55.4 Å². The summed E-state index contributed by atoms with van der Waals surface area (Å²) in [5.74, 6) is 0.918. The van der Waals surface area contributed by atoms with E-state index in [-0.39, 0.29) is 24.7 Å². The first-order valence-electron chi connectivity index (χ1n) is 13.8. The van der Waals surface area contributed by atoms with E-state index in [0.717, 1.165) is 73.8 Å². The summed E-state index contributed by atoms with van der Waals surface area (Å²) in [4.78, 5) is 39.3. The van der Waals surface area contributed by atoms with Gasteiger partial charge < -0.3 is 24.9 Å². The Hall–Kier alpha value is -3.65. The molecule has 0 unspecified atom stereocenters. The maximum absolute atomic E-state index is 12.7. The Bertz CT molecular complexity index is 1260. The van der Waals surface area contributed by atoms with Crippen LogP contribution in [0.4, 0.5) is 17.2 Å². The number of carbonyl (C=O) groups is 2. The maximum Gasteiger partial charge on any atom is 0.224 e. The standard InChI is InChI=1S/C30H38N6O2/c1-3-33-13-15-35(16-14-33)28-21-23(2)26-22-24(9-10-27(26)32-28)31-29(37)11-12-30(38)36-19-17-34(18-20-36)25-7-5-4-6-8-25/h4-10,21-22H,3,11-20H2,1-2H3,(H,31,37). The summed E-state index contributed by atoms with van der Waals surface area (Å²) >= 11 is 0. The van der Waals surface area contributed by atoms with Gasteiger partial charge in [-0.15, -0.1) is 0 Å². The number of hydrogen-bond donors (Lipinski definition) is 1. The second-order valence-electron chi connectivity index (χ2n) is 10.2. The molecular weight excluding hydrogens is 476 g/mol. The largest absolute Gasteiger partial charge is 0.368 e. The summed E-state index contributed by atoms with van der Waals surface area (Å²) in [7, 11) is 0. The normalized spacial score (nSPS) is 16.6. The minimum absolute atomic E-state index is 0.0405. The lowest BCUT2D eigenvalue weighted by Crippen LogP contribution is -2.48. The topological polar surface area (TPSA) is 72.0 Å². The molecule has 3 aromatic rings. The first-order chi connectivity index (χ1) is 18.5. The predicted octanol–water partition coefficient (Wildman–Crippen LogP) is 3.75. The smallest absolute Gasteiger partial charge is 0.224 e. The summed E-state index contributed by atoms with van der Waals surface area (Å²) in [5.41, 5.74) is 4.00. The Balaban J connectivity index is 1.12. The molecule has 0 atom stereocenters. The highest BCUT2D eigenvalue weighted by Gasteiger charge is 2.22. The molecule has 0 radical (unpaired) electrons. The molecule has 38 heavy (non-hydrogen) atoms. The zero-order chi connectivity index (χ0) is 26.5. The van der Waals surface area contributed by atoms with E-state index >= 15 is 0 Å². The van der Waals surface area contributed by atoms with Crippen molar-refractivity contribution in [2.24, 2.45) is 0 Å². The fraction of sp³-hybridized carbons (Fsp3) is 0.433. The number of likely N-dealkylation sites (N-methyl/N-ethyl adjacent to an activating group) is 1. The van der Waals surface area contributed by atoms with Crippen molar-refractivity contribution in [1.29, 1.82) is 0 Å². The Morgan fingerprint density at radius 1 is 0.842 bits per heavy atom. The molecule has 1 N–H and O–H groups in total. The van der Waals surface area contributed by atoms with Gasteiger partial charge in [-0.25, -0.2) is 4.98 Å². The van der Waals surface area contributed by atoms with Crippen molar-refractivity contribution in [3.63, 3.8) is 0 Å². The van der Waals surface area contributed by atoms with Gasteiger partial charge in [0.25, 0.3) is 0 Å². The zero-order valence-corrected chi connectivity index (χ0v) is 22.5. The third-order valence-corrected chi connectivity index (χ3v) is 7.75. The van der Waals surface area contributed by atoms with Gasteiger partial charge in [-0.2, -0.15) is 0 Å². The van der Waals surface area contributed by atoms with Crippen molar-refractivity contribution < 1.29 is 9.59 Å². The molecule has 1 aromatic heterocycles. The quantitative estimate of drug-likeness (QED) is 0.518. The number of aryl methyl sites for hydroxylation is 1. The van der Waals surface area contributed by atoms with Crippen LogP contribution >= 0.6 is 0 Å². The Labute approximate surface area is 225 Å². The van der Waals surface area contributed by atoms with Crippen molar-refractivity contribution in [2.75, 3.05) is 74.0 Å². The summed E-state index contributed by atoms with van der Waals surface area (Å²) < 4.78 is 0. The van der Waals surface area contributed by atoms with Crippen molar-refractivity contribution in [1.82, 2.24) is 14.8 Å². The fourth-order valence-corrected chi connectivity index (χ4v) is 5.36. The van der Waals surface area contributed by atoms with Gasteiger partial charge in [0.2, 0.25) is 11.8 Å². The van der Waals surface area contributed by atoms with Crippen molar-refractivity contribution in [3.05, 3.63) is 60.2 Å². The fourth-order valence-electron chi connectivity index (χ4n) is 5.36. The van der Waals surface area contributed by atoms with Crippen LogP contribution in [0.5, 0.6) is 0 Å². The van der Waals surface area contributed by atoms with Crippen LogP contribution in [0.2, 0.25) is 0 Å². The number of anilines is 3. The molecule has 2 aromatic carbocycles. The molecular formula is C30H38N6O2. The number of para-hydroxylation sites is 1. The number of pyridine rings is 1. The number of aromatic nitrogens is 1. The number of rotatable bonds is 7. The number of piperazine rings is 2. The number of nitrogens with zero attached hydrogens (tertiary/aromatic N) is 5. The van der Waals surface area contributed by atoms with Crippen LogP contribution < -0.4 is 15.1 Å². The van der Waals surface area contributed by atoms with Crippen LogP contribution in [-0.2, 0) is 9.59 Å². The third kappa shape index (κ3) is 6.07. The molecule has 0 saturated carbocycles. The van der Waals surface area contributed by atoms with E-state index in [1.165, 1.54) is 5.69 Å². The van der Waals surface area contributed by atoms with Crippen LogP contribution in [-0.4, -0.2) is 85.5 Å². The minimum Gasteiger partial charge on any atom is -0.368 e. The van der Waals surface area contributed by atoms with Gasteiger partial charge in [0.05, 0.1) is 5.52 Å². The average Bonchev–Trinajstić information content (AvgIpc) is 2.96.